The fraction of sp³-hybridized carbons (Fsp3) is 0.348. The van der Waals surface area contributed by atoms with Gasteiger partial charge in [-0.2, -0.15) is 5.10 Å². The molecule has 0 aliphatic rings. The van der Waals surface area contributed by atoms with E-state index < -0.39 is 0 Å². The second-order valence-corrected chi connectivity index (χ2v) is 8.70. The van der Waals surface area contributed by atoms with Gasteiger partial charge in [0.1, 0.15) is 17.9 Å². The van der Waals surface area contributed by atoms with Crippen molar-refractivity contribution in [1.82, 2.24) is 19.5 Å². The minimum atomic E-state index is -0.236. The Morgan fingerprint density at radius 3 is 2.60 bits per heavy atom. The molecule has 0 saturated carbocycles. The Labute approximate surface area is 179 Å². The summed E-state index contributed by atoms with van der Waals surface area (Å²) in [5.74, 6) is 0.768. The molecule has 3 aromatic heterocycles. The van der Waals surface area contributed by atoms with E-state index in [4.69, 9.17) is 0 Å². The molecule has 1 atom stereocenters. The molecule has 0 saturated heterocycles. The van der Waals surface area contributed by atoms with Gasteiger partial charge in [-0.15, -0.1) is 11.3 Å². The molecular formula is C23H26N4O2S. The fourth-order valence-corrected chi connectivity index (χ4v) is 4.73. The molecule has 0 unspecified atom stereocenters. The first-order chi connectivity index (χ1) is 14.5. The fourth-order valence-electron chi connectivity index (χ4n) is 3.71. The zero-order valence-electron chi connectivity index (χ0n) is 17.5. The number of aromatic nitrogens is 3. The van der Waals surface area contributed by atoms with Crippen LogP contribution in [-0.4, -0.2) is 26.6 Å². The van der Waals surface area contributed by atoms with Crippen molar-refractivity contribution in [2.75, 3.05) is 6.54 Å². The molecule has 7 heteroatoms. The van der Waals surface area contributed by atoms with Crippen LogP contribution in [0.5, 0.6) is 0 Å². The smallest absolute Gasteiger partial charge is 0.291 e. The summed E-state index contributed by atoms with van der Waals surface area (Å²) in [4.78, 5) is 26.8. The van der Waals surface area contributed by atoms with Crippen molar-refractivity contribution in [2.24, 2.45) is 0 Å². The van der Waals surface area contributed by atoms with Crippen molar-refractivity contribution in [1.29, 1.82) is 0 Å². The minimum Gasteiger partial charge on any atom is -0.354 e. The number of aryl methyl sites for hydroxylation is 2. The van der Waals surface area contributed by atoms with Gasteiger partial charge in [0.15, 0.2) is 0 Å². The summed E-state index contributed by atoms with van der Waals surface area (Å²) < 4.78 is 4.32. The van der Waals surface area contributed by atoms with Crippen LogP contribution in [-0.2, 0) is 24.2 Å². The summed E-state index contributed by atoms with van der Waals surface area (Å²) in [5.41, 5.74) is 2.54. The van der Waals surface area contributed by atoms with Crippen LogP contribution in [0.15, 0.2) is 47.3 Å². The number of carbonyl (C=O) groups excluding carboxylic acids is 1. The van der Waals surface area contributed by atoms with Gasteiger partial charge in [0.2, 0.25) is 5.91 Å². The van der Waals surface area contributed by atoms with Crippen LogP contribution in [0, 0.1) is 0 Å². The van der Waals surface area contributed by atoms with Gasteiger partial charge in [0.05, 0.1) is 10.2 Å². The summed E-state index contributed by atoms with van der Waals surface area (Å²) in [5, 5.41) is 7.45. The Morgan fingerprint density at radius 1 is 1.13 bits per heavy atom. The first-order valence-electron chi connectivity index (χ1n) is 10.4. The predicted octanol–water partition coefficient (Wildman–Crippen LogP) is 3.76. The van der Waals surface area contributed by atoms with Gasteiger partial charge >= 0.3 is 0 Å². The molecule has 156 valence electrons. The van der Waals surface area contributed by atoms with Crippen LogP contribution in [0.3, 0.4) is 0 Å². The maximum Gasteiger partial charge on any atom is 0.291 e. The lowest BCUT2D eigenvalue weighted by molar-refractivity contribution is -0.121. The van der Waals surface area contributed by atoms with Crippen molar-refractivity contribution in [3.8, 4) is 0 Å². The molecule has 4 aromatic rings. The average Bonchev–Trinajstić information content (AvgIpc) is 3.33. The molecule has 0 spiro atoms. The van der Waals surface area contributed by atoms with Gasteiger partial charge in [0.25, 0.3) is 5.56 Å². The molecule has 4 rings (SSSR count). The van der Waals surface area contributed by atoms with Gasteiger partial charge in [-0.1, -0.05) is 51.1 Å². The van der Waals surface area contributed by atoms with E-state index in [2.05, 4.69) is 30.3 Å². The van der Waals surface area contributed by atoms with Crippen LogP contribution in [0.25, 0.3) is 15.7 Å². The van der Waals surface area contributed by atoms with Crippen molar-refractivity contribution in [3.63, 3.8) is 0 Å². The first-order valence-corrected chi connectivity index (χ1v) is 11.2. The lowest BCUT2D eigenvalue weighted by Crippen LogP contribution is -2.36. The Kier molecular flexibility index (Phi) is 5.72. The quantitative estimate of drug-likeness (QED) is 0.493. The Bertz CT molecular complexity index is 1250. The average molecular weight is 423 g/mol. The van der Waals surface area contributed by atoms with Crippen LogP contribution < -0.4 is 10.9 Å². The van der Waals surface area contributed by atoms with Gasteiger partial charge in [0, 0.05) is 17.8 Å². The Hall–Kier alpha value is -2.93. The Morgan fingerprint density at radius 2 is 1.90 bits per heavy atom. The van der Waals surface area contributed by atoms with E-state index in [1.807, 2.05) is 47.7 Å². The standard InChI is InChI=1S/C23H26N4O2S/c1-4-17-11-18-20(30-17)12-19-23(29)26(25-21(5-2)27(18)19)14-22(28)24-13-15(3)16-9-7-6-8-10-16/h6-12,15H,4-5,13-14H2,1-3H3,(H,24,28)/t15-/m0/s1. The van der Waals surface area contributed by atoms with Crippen molar-refractivity contribution in [2.45, 2.75) is 46.1 Å². The number of nitrogens with one attached hydrogen (secondary N) is 1. The highest BCUT2D eigenvalue weighted by Gasteiger charge is 2.17. The van der Waals surface area contributed by atoms with E-state index in [0.717, 1.165) is 22.5 Å². The maximum atomic E-state index is 13.0. The highest BCUT2D eigenvalue weighted by atomic mass is 32.1. The lowest BCUT2D eigenvalue weighted by Gasteiger charge is -2.14. The maximum absolute atomic E-state index is 13.0. The normalized spacial score (nSPS) is 12.5. The van der Waals surface area contributed by atoms with Crippen LogP contribution in [0.1, 0.15) is 43.0 Å². The number of benzene rings is 1. The molecule has 6 nitrogen and oxygen atoms in total. The Balaban J connectivity index is 1.57. The summed E-state index contributed by atoms with van der Waals surface area (Å²) in [6.45, 7) is 6.64. The minimum absolute atomic E-state index is 0.0805. The summed E-state index contributed by atoms with van der Waals surface area (Å²) in [6.07, 6.45) is 1.64. The largest absolute Gasteiger partial charge is 0.354 e. The molecule has 30 heavy (non-hydrogen) atoms. The topological polar surface area (TPSA) is 68.4 Å². The number of hydrogen-bond acceptors (Lipinski definition) is 4. The molecule has 1 amide bonds. The number of hydrogen-bond donors (Lipinski definition) is 1. The third-order valence-electron chi connectivity index (χ3n) is 5.42. The van der Waals surface area contributed by atoms with Crippen LogP contribution in [0.4, 0.5) is 0 Å². The number of fused-ring (bicyclic) bond motifs is 3. The summed E-state index contributed by atoms with van der Waals surface area (Å²) in [6, 6.07) is 14.1. The van der Waals surface area contributed by atoms with Crippen molar-refractivity contribution < 1.29 is 4.79 Å². The molecule has 0 aliphatic carbocycles. The number of amides is 1. The third-order valence-corrected chi connectivity index (χ3v) is 6.64. The molecule has 1 N–H and O–H groups in total. The molecule has 0 radical (unpaired) electrons. The van der Waals surface area contributed by atoms with E-state index in [9.17, 15) is 9.59 Å². The zero-order valence-corrected chi connectivity index (χ0v) is 18.3. The summed E-state index contributed by atoms with van der Waals surface area (Å²) >= 11 is 1.70. The van der Waals surface area contributed by atoms with Gasteiger partial charge in [-0.05, 0) is 30.0 Å². The third kappa shape index (κ3) is 3.77. The van der Waals surface area contributed by atoms with Gasteiger partial charge < -0.3 is 5.32 Å². The van der Waals surface area contributed by atoms with Crippen LogP contribution >= 0.6 is 11.3 Å². The number of rotatable bonds is 7. The van der Waals surface area contributed by atoms with Crippen LogP contribution in [0.2, 0.25) is 0 Å². The number of carbonyl (C=O) groups is 1. The SMILES string of the molecule is CCc1cc2c(cc3c(=O)n(CC(=O)NC[C@H](C)c4ccccc4)nc(CC)n32)s1. The highest BCUT2D eigenvalue weighted by molar-refractivity contribution is 7.19. The van der Waals surface area contributed by atoms with E-state index >= 15 is 0 Å². The van der Waals surface area contributed by atoms with E-state index in [0.29, 0.717) is 18.5 Å². The lowest BCUT2D eigenvalue weighted by atomic mass is 10.0. The number of nitrogens with zero attached hydrogens (tertiary/aromatic N) is 3. The molecule has 1 aromatic carbocycles. The second kappa shape index (κ2) is 8.44. The van der Waals surface area contributed by atoms with Gasteiger partial charge in [-0.3, -0.25) is 14.0 Å². The second-order valence-electron chi connectivity index (χ2n) is 7.53. The van der Waals surface area contributed by atoms with Crippen molar-refractivity contribution >= 4 is 33.0 Å². The highest BCUT2D eigenvalue weighted by Crippen LogP contribution is 2.29. The van der Waals surface area contributed by atoms with Crippen molar-refractivity contribution in [3.05, 3.63) is 69.1 Å². The van der Waals surface area contributed by atoms with E-state index in [1.54, 1.807) is 11.3 Å². The molecule has 3 heterocycles. The molecule has 0 aliphatic heterocycles. The van der Waals surface area contributed by atoms with E-state index in [-0.39, 0.29) is 23.9 Å². The molecular weight excluding hydrogens is 396 g/mol. The van der Waals surface area contributed by atoms with Gasteiger partial charge in [-0.25, -0.2) is 4.68 Å². The predicted molar refractivity (Wildman–Crippen MR) is 121 cm³/mol. The van der Waals surface area contributed by atoms with E-state index in [1.165, 1.54) is 15.1 Å². The molecule has 0 fully saturated rings. The first kappa shape index (κ1) is 20.3. The monoisotopic (exact) mass is 422 g/mol. The number of thiophene rings is 1. The zero-order chi connectivity index (χ0) is 21.3. The molecule has 0 bridgehead atoms. The summed E-state index contributed by atoms with van der Waals surface area (Å²) in [7, 11) is 0.